The predicted octanol–water partition coefficient (Wildman–Crippen LogP) is 3.20. The highest BCUT2D eigenvalue weighted by molar-refractivity contribution is 5.76. The molecule has 0 aliphatic rings. The average molecular weight is 210 g/mol. The molecular formula is C13H10N2O. The molecule has 16 heavy (non-hydrogen) atoms. The molecule has 0 saturated heterocycles. The summed E-state index contributed by atoms with van der Waals surface area (Å²) in [5.41, 5.74) is 3.74. The lowest BCUT2D eigenvalue weighted by molar-refractivity contribution is 0.619. The highest BCUT2D eigenvalue weighted by Gasteiger charge is 2.09. The van der Waals surface area contributed by atoms with Gasteiger partial charge in [-0.25, -0.2) is 4.98 Å². The third-order valence-electron chi connectivity index (χ3n) is 2.56. The van der Waals surface area contributed by atoms with Gasteiger partial charge in [-0.2, -0.15) is 0 Å². The number of para-hydroxylation sites is 2. The second-order valence-corrected chi connectivity index (χ2v) is 3.68. The van der Waals surface area contributed by atoms with Gasteiger partial charge in [0, 0.05) is 12.4 Å². The van der Waals surface area contributed by atoms with E-state index in [0.717, 1.165) is 22.2 Å². The molecule has 0 unspecified atom stereocenters. The third kappa shape index (κ3) is 1.37. The van der Waals surface area contributed by atoms with Gasteiger partial charge in [0.1, 0.15) is 5.52 Å². The Hall–Kier alpha value is -2.16. The van der Waals surface area contributed by atoms with Gasteiger partial charge < -0.3 is 4.42 Å². The summed E-state index contributed by atoms with van der Waals surface area (Å²) in [4.78, 5) is 8.53. The first-order chi connectivity index (χ1) is 7.84. The third-order valence-corrected chi connectivity index (χ3v) is 2.56. The van der Waals surface area contributed by atoms with Crippen LogP contribution in [0.1, 0.15) is 5.56 Å². The largest absolute Gasteiger partial charge is 0.436 e. The average Bonchev–Trinajstić information content (AvgIpc) is 2.73. The standard InChI is InChI=1S/C13H10N2O/c1-9-6-7-14-8-10(9)13-15-11-4-2-3-5-12(11)16-13/h2-8H,1H3. The van der Waals surface area contributed by atoms with Gasteiger partial charge in [-0.3, -0.25) is 4.98 Å². The summed E-state index contributed by atoms with van der Waals surface area (Å²) in [5.74, 6) is 0.631. The molecule has 0 radical (unpaired) electrons. The van der Waals surface area contributed by atoms with Crippen LogP contribution >= 0.6 is 0 Å². The molecule has 0 aliphatic heterocycles. The monoisotopic (exact) mass is 210 g/mol. The molecule has 3 rings (SSSR count). The van der Waals surface area contributed by atoms with Gasteiger partial charge in [-0.15, -0.1) is 0 Å². The van der Waals surface area contributed by atoms with Crippen LogP contribution < -0.4 is 0 Å². The summed E-state index contributed by atoms with van der Waals surface area (Å²) in [6.07, 6.45) is 3.54. The number of hydrogen-bond acceptors (Lipinski definition) is 3. The van der Waals surface area contributed by atoms with Crippen molar-refractivity contribution in [1.82, 2.24) is 9.97 Å². The lowest BCUT2D eigenvalue weighted by Gasteiger charge is -1.97. The van der Waals surface area contributed by atoms with Crippen LogP contribution in [0.3, 0.4) is 0 Å². The first-order valence-corrected chi connectivity index (χ1v) is 5.11. The Morgan fingerprint density at radius 1 is 1.12 bits per heavy atom. The molecule has 2 heterocycles. The van der Waals surface area contributed by atoms with E-state index in [2.05, 4.69) is 9.97 Å². The molecule has 78 valence electrons. The van der Waals surface area contributed by atoms with Crippen LogP contribution in [-0.2, 0) is 0 Å². The van der Waals surface area contributed by atoms with Crippen LogP contribution in [-0.4, -0.2) is 9.97 Å². The maximum absolute atomic E-state index is 5.68. The summed E-state index contributed by atoms with van der Waals surface area (Å²) in [6.45, 7) is 2.02. The van der Waals surface area contributed by atoms with Crippen molar-refractivity contribution < 1.29 is 4.42 Å². The Kier molecular flexibility index (Phi) is 1.96. The fraction of sp³-hybridized carbons (Fsp3) is 0.0769. The van der Waals surface area contributed by atoms with Crippen LogP contribution in [0.2, 0.25) is 0 Å². The number of fused-ring (bicyclic) bond motifs is 1. The molecule has 0 N–H and O–H groups in total. The van der Waals surface area contributed by atoms with Crippen molar-refractivity contribution in [2.45, 2.75) is 6.92 Å². The lowest BCUT2D eigenvalue weighted by atomic mass is 10.2. The van der Waals surface area contributed by atoms with Crippen molar-refractivity contribution in [2.75, 3.05) is 0 Å². The molecule has 0 saturated carbocycles. The van der Waals surface area contributed by atoms with Gasteiger partial charge in [0.05, 0.1) is 5.56 Å². The van der Waals surface area contributed by atoms with E-state index in [1.54, 1.807) is 12.4 Å². The first-order valence-electron chi connectivity index (χ1n) is 5.11. The van der Waals surface area contributed by atoms with E-state index in [-0.39, 0.29) is 0 Å². The van der Waals surface area contributed by atoms with E-state index in [1.165, 1.54) is 0 Å². The highest BCUT2D eigenvalue weighted by Crippen LogP contribution is 2.25. The quantitative estimate of drug-likeness (QED) is 0.619. The fourth-order valence-electron chi connectivity index (χ4n) is 1.68. The van der Waals surface area contributed by atoms with E-state index in [4.69, 9.17) is 4.42 Å². The van der Waals surface area contributed by atoms with Gasteiger partial charge in [0.2, 0.25) is 5.89 Å². The number of oxazole rings is 1. The summed E-state index contributed by atoms with van der Waals surface area (Å²) >= 11 is 0. The molecule has 0 fully saturated rings. The Labute approximate surface area is 92.8 Å². The van der Waals surface area contributed by atoms with E-state index in [0.29, 0.717) is 5.89 Å². The van der Waals surface area contributed by atoms with Crippen molar-refractivity contribution in [1.29, 1.82) is 0 Å². The minimum Gasteiger partial charge on any atom is -0.436 e. The lowest BCUT2D eigenvalue weighted by Crippen LogP contribution is -1.83. The summed E-state index contributed by atoms with van der Waals surface area (Å²) in [6, 6.07) is 9.69. The van der Waals surface area contributed by atoms with E-state index in [1.807, 2.05) is 37.3 Å². The minimum absolute atomic E-state index is 0.631. The van der Waals surface area contributed by atoms with Crippen molar-refractivity contribution >= 4 is 11.1 Å². The van der Waals surface area contributed by atoms with Gasteiger partial charge in [-0.05, 0) is 30.7 Å². The van der Waals surface area contributed by atoms with Crippen molar-refractivity contribution in [3.05, 3.63) is 48.3 Å². The molecule has 2 aromatic heterocycles. The molecule has 0 aliphatic carbocycles. The summed E-state index contributed by atoms with van der Waals surface area (Å²) in [5, 5.41) is 0. The normalized spacial score (nSPS) is 10.8. The Balaban J connectivity index is 2.23. The van der Waals surface area contributed by atoms with E-state index >= 15 is 0 Å². The highest BCUT2D eigenvalue weighted by atomic mass is 16.3. The first kappa shape index (κ1) is 9.09. The Morgan fingerprint density at radius 3 is 2.81 bits per heavy atom. The van der Waals surface area contributed by atoms with Crippen LogP contribution in [0.15, 0.2) is 47.1 Å². The molecule has 0 amide bonds. The van der Waals surface area contributed by atoms with Crippen molar-refractivity contribution in [2.24, 2.45) is 0 Å². The zero-order valence-electron chi connectivity index (χ0n) is 8.84. The number of rotatable bonds is 1. The molecule has 1 aromatic carbocycles. The molecule has 0 atom stereocenters. The predicted molar refractivity (Wildman–Crippen MR) is 62.0 cm³/mol. The number of benzene rings is 1. The number of pyridine rings is 1. The zero-order valence-corrected chi connectivity index (χ0v) is 8.84. The number of aromatic nitrogens is 2. The topological polar surface area (TPSA) is 38.9 Å². The van der Waals surface area contributed by atoms with Gasteiger partial charge in [-0.1, -0.05) is 12.1 Å². The van der Waals surface area contributed by atoms with Crippen LogP contribution in [0.25, 0.3) is 22.6 Å². The molecule has 3 aromatic rings. The molecule has 0 bridgehead atoms. The second-order valence-electron chi connectivity index (χ2n) is 3.68. The summed E-state index contributed by atoms with van der Waals surface area (Å²) < 4.78 is 5.68. The zero-order chi connectivity index (χ0) is 11.0. The molecule has 3 nitrogen and oxygen atoms in total. The summed E-state index contributed by atoms with van der Waals surface area (Å²) in [7, 11) is 0. The van der Waals surface area contributed by atoms with Crippen molar-refractivity contribution in [3.63, 3.8) is 0 Å². The van der Waals surface area contributed by atoms with Gasteiger partial charge >= 0.3 is 0 Å². The Bertz CT molecular complexity index is 610. The van der Waals surface area contributed by atoms with E-state index in [9.17, 15) is 0 Å². The van der Waals surface area contributed by atoms with Crippen LogP contribution in [0, 0.1) is 6.92 Å². The fourth-order valence-corrected chi connectivity index (χ4v) is 1.68. The number of hydrogen-bond donors (Lipinski definition) is 0. The van der Waals surface area contributed by atoms with Gasteiger partial charge in [0.15, 0.2) is 5.58 Å². The molecular weight excluding hydrogens is 200 g/mol. The van der Waals surface area contributed by atoms with E-state index < -0.39 is 0 Å². The number of aryl methyl sites for hydroxylation is 1. The van der Waals surface area contributed by atoms with Crippen molar-refractivity contribution in [3.8, 4) is 11.5 Å². The maximum Gasteiger partial charge on any atom is 0.229 e. The molecule has 3 heteroatoms. The number of nitrogens with zero attached hydrogens (tertiary/aromatic N) is 2. The minimum atomic E-state index is 0.631. The van der Waals surface area contributed by atoms with Gasteiger partial charge in [0.25, 0.3) is 0 Å². The smallest absolute Gasteiger partial charge is 0.229 e. The van der Waals surface area contributed by atoms with Crippen LogP contribution in [0.5, 0.6) is 0 Å². The SMILES string of the molecule is Cc1ccncc1-c1nc2ccccc2o1. The Morgan fingerprint density at radius 2 is 2.00 bits per heavy atom. The van der Waals surface area contributed by atoms with Crippen LogP contribution in [0.4, 0.5) is 0 Å². The second kappa shape index (κ2) is 3.45. The molecule has 0 spiro atoms. The maximum atomic E-state index is 5.68.